The molecule has 0 fully saturated rings. The predicted octanol–water partition coefficient (Wildman–Crippen LogP) is 4.66. The summed E-state index contributed by atoms with van der Waals surface area (Å²) in [5.41, 5.74) is 2.99. The Labute approximate surface area is 195 Å². The highest BCUT2D eigenvalue weighted by Crippen LogP contribution is 2.41. The van der Waals surface area contributed by atoms with Gasteiger partial charge in [-0.2, -0.15) is 5.10 Å². The minimum Gasteiger partial charge on any atom is -0.491 e. The second-order valence-corrected chi connectivity index (χ2v) is 9.41. The van der Waals surface area contributed by atoms with E-state index in [0.717, 1.165) is 57.6 Å². The fourth-order valence-electron chi connectivity index (χ4n) is 4.05. The number of anilines is 2. The Kier molecular flexibility index (Phi) is 5.76. The van der Waals surface area contributed by atoms with E-state index in [9.17, 15) is 4.79 Å². The highest BCUT2D eigenvalue weighted by molar-refractivity contribution is 7.19. The number of carbonyl (C=O) groups is 1. The van der Waals surface area contributed by atoms with E-state index in [1.165, 1.54) is 15.3 Å². The molecule has 5 rings (SSSR count). The van der Waals surface area contributed by atoms with Crippen molar-refractivity contribution in [2.45, 2.75) is 38.7 Å². The van der Waals surface area contributed by atoms with Crippen LogP contribution >= 0.6 is 11.3 Å². The second-order valence-electron chi connectivity index (χ2n) is 8.33. The number of fused-ring (bicyclic) bond motifs is 4. The molecule has 1 aromatic carbocycles. The Morgan fingerprint density at radius 1 is 1.33 bits per heavy atom. The highest BCUT2D eigenvalue weighted by atomic mass is 32.1. The van der Waals surface area contributed by atoms with Gasteiger partial charge in [0.05, 0.1) is 29.4 Å². The lowest BCUT2D eigenvalue weighted by molar-refractivity contribution is 0.0685. The number of hydrogen-bond donors (Lipinski definition) is 2. The number of carbonyl (C=O) groups excluding carboxylic acids is 1. The largest absolute Gasteiger partial charge is 0.491 e. The minimum atomic E-state index is -0.305. The molecule has 3 aromatic heterocycles. The average Bonchev–Trinajstić information content (AvgIpc) is 3.41. The first kappa shape index (κ1) is 21.4. The number of rotatable bonds is 6. The second kappa shape index (κ2) is 8.86. The van der Waals surface area contributed by atoms with Crippen LogP contribution in [0.25, 0.3) is 21.1 Å². The van der Waals surface area contributed by atoms with Crippen LogP contribution in [0.1, 0.15) is 30.2 Å². The number of aromatic nitrogens is 4. The van der Waals surface area contributed by atoms with Crippen molar-refractivity contribution >= 4 is 50.1 Å². The topological polar surface area (TPSA) is 105 Å². The lowest BCUT2D eigenvalue weighted by Crippen LogP contribution is -2.31. The first-order valence-corrected chi connectivity index (χ1v) is 11.8. The van der Waals surface area contributed by atoms with Crippen LogP contribution in [0, 0.1) is 0 Å². The van der Waals surface area contributed by atoms with E-state index < -0.39 is 0 Å². The number of H-pyrrole nitrogens is 1. The van der Waals surface area contributed by atoms with E-state index in [2.05, 4.69) is 32.4 Å². The van der Waals surface area contributed by atoms with Crippen LogP contribution in [-0.4, -0.2) is 58.0 Å². The molecule has 1 aliphatic carbocycles. The molecule has 1 unspecified atom stereocenters. The number of ether oxygens (including phenoxy) is 2. The zero-order chi connectivity index (χ0) is 22.9. The predicted molar refractivity (Wildman–Crippen MR) is 129 cm³/mol. The zero-order valence-electron chi connectivity index (χ0n) is 18.8. The van der Waals surface area contributed by atoms with E-state index in [1.54, 1.807) is 38.0 Å². The first-order chi connectivity index (χ1) is 16.0. The Hall–Kier alpha value is -3.40. The van der Waals surface area contributed by atoms with Gasteiger partial charge in [-0.1, -0.05) is 6.92 Å². The van der Waals surface area contributed by atoms with Crippen molar-refractivity contribution in [3.8, 4) is 5.75 Å². The van der Waals surface area contributed by atoms with Crippen molar-refractivity contribution in [3.05, 3.63) is 35.1 Å². The molecule has 10 heteroatoms. The van der Waals surface area contributed by atoms with Gasteiger partial charge in [-0.05, 0) is 30.9 Å². The molecule has 1 aliphatic rings. The molecule has 172 valence electrons. The molecule has 0 aliphatic heterocycles. The van der Waals surface area contributed by atoms with Gasteiger partial charge in [0.25, 0.3) is 0 Å². The quantitative estimate of drug-likeness (QED) is 0.426. The van der Waals surface area contributed by atoms with Crippen molar-refractivity contribution in [2.24, 2.45) is 0 Å². The molecular weight excluding hydrogens is 440 g/mol. The van der Waals surface area contributed by atoms with Crippen LogP contribution in [0.2, 0.25) is 0 Å². The van der Waals surface area contributed by atoms with Crippen LogP contribution in [0.3, 0.4) is 0 Å². The van der Waals surface area contributed by atoms with Gasteiger partial charge < -0.3 is 19.7 Å². The van der Waals surface area contributed by atoms with Crippen LogP contribution in [0.4, 0.5) is 16.3 Å². The SMILES string of the molecule is CCCOc1cc2[nH]ncc2cc1Nc1ncnc2sc3c(c12)CCC(OC(=O)N(C)C)C3. The van der Waals surface area contributed by atoms with E-state index in [-0.39, 0.29) is 12.2 Å². The van der Waals surface area contributed by atoms with Gasteiger partial charge in [0.1, 0.15) is 28.8 Å². The molecule has 4 aromatic rings. The summed E-state index contributed by atoms with van der Waals surface area (Å²) in [5.74, 6) is 1.51. The number of thiophene rings is 1. The van der Waals surface area contributed by atoms with Gasteiger partial charge in [-0.25, -0.2) is 14.8 Å². The minimum absolute atomic E-state index is 0.123. The molecule has 1 atom stereocenters. The van der Waals surface area contributed by atoms with E-state index in [4.69, 9.17) is 9.47 Å². The number of aromatic amines is 1. The Morgan fingerprint density at radius 3 is 3.03 bits per heavy atom. The molecule has 0 saturated heterocycles. The summed E-state index contributed by atoms with van der Waals surface area (Å²) in [7, 11) is 3.39. The summed E-state index contributed by atoms with van der Waals surface area (Å²) < 4.78 is 11.6. The molecule has 1 amide bonds. The highest BCUT2D eigenvalue weighted by Gasteiger charge is 2.28. The maximum absolute atomic E-state index is 12.0. The number of aryl methyl sites for hydroxylation is 1. The maximum Gasteiger partial charge on any atom is 0.409 e. The molecule has 0 saturated carbocycles. The standard InChI is InChI=1S/C23H26N6O3S/c1-4-7-31-18-10-16-13(11-26-28-16)8-17(18)27-21-20-15-6-5-14(32-23(30)29(2)3)9-19(15)33-22(20)25-12-24-21/h8,10-12,14H,4-7,9H2,1-3H3,(H,26,28)(H,24,25,27). The number of amides is 1. The lowest BCUT2D eigenvalue weighted by atomic mass is 9.94. The molecule has 9 nitrogen and oxygen atoms in total. The summed E-state index contributed by atoms with van der Waals surface area (Å²) in [6, 6.07) is 3.98. The Morgan fingerprint density at radius 2 is 2.21 bits per heavy atom. The zero-order valence-corrected chi connectivity index (χ0v) is 19.7. The Bertz CT molecular complexity index is 1310. The van der Waals surface area contributed by atoms with Crippen LogP contribution < -0.4 is 10.1 Å². The van der Waals surface area contributed by atoms with Crippen molar-refractivity contribution in [3.63, 3.8) is 0 Å². The fraction of sp³-hybridized carbons (Fsp3) is 0.391. The van der Waals surface area contributed by atoms with Gasteiger partial charge in [0.2, 0.25) is 0 Å². The first-order valence-electron chi connectivity index (χ1n) is 11.0. The summed E-state index contributed by atoms with van der Waals surface area (Å²) in [6.45, 7) is 2.70. The number of hydrogen-bond acceptors (Lipinski definition) is 8. The number of benzene rings is 1. The lowest BCUT2D eigenvalue weighted by Gasteiger charge is -2.24. The van der Waals surface area contributed by atoms with Gasteiger partial charge >= 0.3 is 6.09 Å². The van der Waals surface area contributed by atoms with E-state index in [1.807, 2.05) is 12.1 Å². The molecule has 33 heavy (non-hydrogen) atoms. The van der Waals surface area contributed by atoms with Crippen molar-refractivity contribution < 1.29 is 14.3 Å². The fourth-order valence-corrected chi connectivity index (χ4v) is 5.30. The third-order valence-electron chi connectivity index (χ3n) is 5.69. The summed E-state index contributed by atoms with van der Waals surface area (Å²) in [6.07, 6.45) is 6.14. The van der Waals surface area contributed by atoms with Crippen molar-refractivity contribution in [1.29, 1.82) is 0 Å². The summed E-state index contributed by atoms with van der Waals surface area (Å²) in [5, 5.41) is 12.7. The molecular formula is C23H26N6O3S. The van der Waals surface area contributed by atoms with Crippen LogP contribution in [-0.2, 0) is 17.6 Å². The third-order valence-corrected chi connectivity index (χ3v) is 6.85. The van der Waals surface area contributed by atoms with E-state index >= 15 is 0 Å². The van der Waals surface area contributed by atoms with Crippen molar-refractivity contribution in [2.75, 3.05) is 26.0 Å². The van der Waals surface area contributed by atoms with Gasteiger partial charge in [0.15, 0.2) is 0 Å². The number of nitrogens with one attached hydrogen (secondary N) is 2. The molecule has 0 spiro atoms. The van der Waals surface area contributed by atoms with Gasteiger partial charge in [0, 0.05) is 36.8 Å². The van der Waals surface area contributed by atoms with Crippen LogP contribution in [0.15, 0.2) is 24.7 Å². The molecule has 3 heterocycles. The molecule has 2 N–H and O–H groups in total. The summed E-state index contributed by atoms with van der Waals surface area (Å²) in [4.78, 5) is 24.7. The Balaban J connectivity index is 1.48. The summed E-state index contributed by atoms with van der Waals surface area (Å²) >= 11 is 1.64. The van der Waals surface area contributed by atoms with Gasteiger partial charge in [-0.15, -0.1) is 11.3 Å². The van der Waals surface area contributed by atoms with Crippen molar-refractivity contribution in [1.82, 2.24) is 25.1 Å². The van der Waals surface area contributed by atoms with Gasteiger partial charge in [-0.3, -0.25) is 5.10 Å². The number of nitrogens with zero attached hydrogens (tertiary/aromatic N) is 4. The molecule has 0 radical (unpaired) electrons. The third kappa shape index (κ3) is 4.18. The van der Waals surface area contributed by atoms with E-state index in [0.29, 0.717) is 13.0 Å². The normalized spacial score (nSPS) is 15.4. The molecule has 0 bridgehead atoms. The monoisotopic (exact) mass is 466 g/mol. The smallest absolute Gasteiger partial charge is 0.409 e. The average molecular weight is 467 g/mol. The van der Waals surface area contributed by atoms with Crippen LogP contribution in [0.5, 0.6) is 5.75 Å². The maximum atomic E-state index is 12.0.